The fourth-order valence-electron chi connectivity index (χ4n) is 2.82. The summed E-state index contributed by atoms with van der Waals surface area (Å²) in [5, 5.41) is 1.09. The topological polar surface area (TPSA) is 41.5 Å². The Hall–Kier alpha value is -2.34. The molecule has 5 nitrogen and oxygen atoms in total. The molecule has 0 amide bonds. The quantitative estimate of drug-likeness (QED) is 0.740. The molecule has 1 aliphatic heterocycles. The molecule has 0 aliphatic carbocycles. The van der Waals surface area contributed by atoms with Gasteiger partial charge in [-0.15, -0.1) is 0 Å². The second kappa shape index (κ2) is 6.04. The Morgan fingerprint density at radius 2 is 1.87 bits per heavy atom. The van der Waals surface area contributed by atoms with Crippen molar-refractivity contribution in [2.45, 2.75) is 0 Å². The Labute approximate surface area is 139 Å². The number of fused-ring (bicyclic) bond motifs is 1. The van der Waals surface area contributed by atoms with Crippen LogP contribution in [0.5, 0.6) is 5.75 Å². The van der Waals surface area contributed by atoms with Crippen LogP contribution in [0.2, 0.25) is 0 Å². The lowest BCUT2D eigenvalue weighted by molar-refractivity contribution is 0.415. The van der Waals surface area contributed by atoms with Gasteiger partial charge in [0.1, 0.15) is 11.6 Å². The van der Waals surface area contributed by atoms with Crippen molar-refractivity contribution >= 4 is 32.5 Å². The van der Waals surface area contributed by atoms with E-state index in [4.69, 9.17) is 9.72 Å². The van der Waals surface area contributed by atoms with E-state index in [0.29, 0.717) is 0 Å². The van der Waals surface area contributed by atoms with Gasteiger partial charge < -0.3 is 14.5 Å². The van der Waals surface area contributed by atoms with Gasteiger partial charge in [-0.25, -0.2) is 9.97 Å². The van der Waals surface area contributed by atoms with Crippen LogP contribution in [0.15, 0.2) is 42.6 Å². The van der Waals surface area contributed by atoms with Gasteiger partial charge in [-0.05, 0) is 24.3 Å². The van der Waals surface area contributed by atoms with E-state index in [9.17, 15) is 0 Å². The third-order valence-electron chi connectivity index (χ3n) is 4.11. The summed E-state index contributed by atoms with van der Waals surface area (Å²) in [7, 11) is 1.69. The molecule has 1 aliphatic rings. The first-order valence-electron chi connectivity index (χ1n) is 7.69. The molecule has 0 atom stereocenters. The van der Waals surface area contributed by atoms with E-state index in [0.717, 1.165) is 48.4 Å². The van der Waals surface area contributed by atoms with Crippen LogP contribution >= 0.6 is 11.3 Å². The first kappa shape index (κ1) is 14.3. The summed E-state index contributed by atoms with van der Waals surface area (Å²) in [6.07, 6.45) is 1.85. The number of benzene rings is 1. The van der Waals surface area contributed by atoms with Crippen LogP contribution in [-0.2, 0) is 0 Å². The molecule has 4 rings (SSSR count). The lowest BCUT2D eigenvalue weighted by atomic mass is 10.3. The zero-order chi connectivity index (χ0) is 15.6. The minimum Gasteiger partial charge on any atom is -0.497 e. The highest BCUT2D eigenvalue weighted by molar-refractivity contribution is 7.22. The Bertz CT molecular complexity index is 797. The molecule has 1 aromatic carbocycles. The van der Waals surface area contributed by atoms with Gasteiger partial charge in [-0.1, -0.05) is 17.4 Å². The Morgan fingerprint density at radius 3 is 2.61 bits per heavy atom. The molecule has 0 spiro atoms. The predicted octanol–water partition coefficient (Wildman–Crippen LogP) is 3.03. The lowest BCUT2D eigenvalue weighted by Crippen LogP contribution is -2.46. The molecule has 3 aromatic rings. The standard InChI is InChI=1S/C17H18N4OS/c1-22-13-5-6-15-14(12-13)19-17(23-15)21-10-8-20(9-11-21)16-4-2-3-7-18-16/h2-7,12H,8-11H2,1H3. The molecular formula is C17H18N4OS. The Morgan fingerprint density at radius 1 is 1.04 bits per heavy atom. The summed E-state index contributed by atoms with van der Waals surface area (Å²) >= 11 is 1.75. The second-order valence-corrected chi connectivity index (χ2v) is 6.50. The second-order valence-electron chi connectivity index (χ2n) is 5.49. The van der Waals surface area contributed by atoms with Crippen LogP contribution in [0.1, 0.15) is 0 Å². The van der Waals surface area contributed by atoms with Crippen molar-refractivity contribution in [1.82, 2.24) is 9.97 Å². The van der Waals surface area contributed by atoms with Gasteiger partial charge in [0.05, 0.1) is 17.3 Å². The summed E-state index contributed by atoms with van der Waals surface area (Å²) in [6.45, 7) is 3.87. The number of hydrogen-bond acceptors (Lipinski definition) is 6. The molecule has 23 heavy (non-hydrogen) atoms. The van der Waals surface area contributed by atoms with E-state index in [1.807, 2.05) is 30.5 Å². The van der Waals surface area contributed by atoms with E-state index < -0.39 is 0 Å². The average Bonchev–Trinajstić information content (AvgIpc) is 3.05. The summed E-state index contributed by atoms with van der Waals surface area (Å²) in [5.41, 5.74) is 1.01. The fraction of sp³-hybridized carbons (Fsp3) is 0.294. The molecule has 2 aromatic heterocycles. The molecule has 0 saturated carbocycles. The Balaban J connectivity index is 1.50. The molecule has 1 fully saturated rings. The molecule has 1 saturated heterocycles. The third-order valence-corrected chi connectivity index (χ3v) is 5.20. The van der Waals surface area contributed by atoms with Crippen LogP contribution in [0.25, 0.3) is 10.2 Å². The van der Waals surface area contributed by atoms with Gasteiger partial charge in [0, 0.05) is 38.4 Å². The van der Waals surface area contributed by atoms with Crippen LogP contribution in [-0.4, -0.2) is 43.3 Å². The van der Waals surface area contributed by atoms with E-state index in [-0.39, 0.29) is 0 Å². The van der Waals surface area contributed by atoms with Crippen molar-refractivity contribution < 1.29 is 4.74 Å². The monoisotopic (exact) mass is 326 g/mol. The summed E-state index contributed by atoms with van der Waals surface area (Å²) in [6, 6.07) is 12.1. The summed E-state index contributed by atoms with van der Waals surface area (Å²) in [4.78, 5) is 13.9. The van der Waals surface area contributed by atoms with Gasteiger partial charge in [0.25, 0.3) is 0 Å². The first-order valence-corrected chi connectivity index (χ1v) is 8.50. The van der Waals surface area contributed by atoms with E-state index in [1.54, 1.807) is 18.4 Å². The number of thiazole rings is 1. The number of nitrogens with zero attached hydrogens (tertiary/aromatic N) is 4. The highest BCUT2D eigenvalue weighted by atomic mass is 32.1. The summed E-state index contributed by atoms with van der Waals surface area (Å²) < 4.78 is 6.48. The molecule has 0 N–H and O–H groups in total. The molecule has 3 heterocycles. The molecule has 0 unspecified atom stereocenters. The van der Waals surface area contributed by atoms with E-state index in [1.165, 1.54) is 4.70 Å². The smallest absolute Gasteiger partial charge is 0.186 e. The molecule has 0 radical (unpaired) electrons. The van der Waals surface area contributed by atoms with Crippen molar-refractivity contribution in [2.24, 2.45) is 0 Å². The van der Waals surface area contributed by atoms with E-state index >= 15 is 0 Å². The minimum absolute atomic E-state index is 0.856. The number of pyridine rings is 1. The maximum Gasteiger partial charge on any atom is 0.186 e. The number of ether oxygens (including phenoxy) is 1. The number of methoxy groups -OCH3 is 1. The number of piperazine rings is 1. The number of rotatable bonds is 3. The van der Waals surface area contributed by atoms with Gasteiger partial charge >= 0.3 is 0 Å². The highest BCUT2D eigenvalue weighted by Gasteiger charge is 2.20. The van der Waals surface area contributed by atoms with Crippen molar-refractivity contribution in [3.05, 3.63) is 42.6 Å². The average molecular weight is 326 g/mol. The zero-order valence-corrected chi connectivity index (χ0v) is 13.8. The zero-order valence-electron chi connectivity index (χ0n) is 13.0. The minimum atomic E-state index is 0.856. The number of aromatic nitrogens is 2. The maximum atomic E-state index is 5.28. The largest absolute Gasteiger partial charge is 0.497 e. The molecule has 6 heteroatoms. The van der Waals surface area contributed by atoms with Crippen molar-refractivity contribution in [3.8, 4) is 5.75 Å². The third kappa shape index (κ3) is 2.82. The fourth-order valence-corrected chi connectivity index (χ4v) is 3.82. The summed E-state index contributed by atoms with van der Waals surface area (Å²) in [5.74, 6) is 1.91. The normalized spacial score (nSPS) is 15.2. The van der Waals surface area contributed by atoms with Crippen LogP contribution in [0.3, 0.4) is 0 Å². The van der Waals surface area contributed by atoms with Gasteiger partial charge in [0.2, 0.25) is 0 Å². The number of anilines is 2. The van der Waals surface area contributed by atoms with Gasteiger partial charge in [-0.2, -0.15) is 0 Å². The lowest BCUT2D eigenvalue weighted by Gasteiger charge is -2.35. The predicted molar refractivity (Wildman–Crippen MR) is 94.8 cm³/mol. The highest BCUT2D eigenvalue weighted by Crippen LogP contribution is 2.31. The first-order chi connectivity index (χ1) is 11.3. The molecule has 0 bridgehead atoms. The van der Waals surface area contributed by atoms with E-state index in [2.05, 4.69) is 26.9 Å². The van der Waals surface area contributed by atoms with Gasteiger partial charge in [-0.3, -0.25) is 0 Å². The molecular weight excluding hydrogens is 308 g/mol. The van der Waals surface area contributed by atoms with Crippen LogP contribution < -0.4 is 14.5 Å². The molecule has 118 valence electrons. The maximum absolute atomic E-state index is 5.28. The van der Waals surface area contributed by atoms with Gasteiger partial charge in [0.15, 0.2) is 5.13 Å². The van der Waals surface area contributed by atoms with Crippen LogP contribution in [0.4, 0.5) is 10.9 Å². The Kier molecular flexibility index (Phi) is 3.75. The van der Waals surface area contributed by atoms with Crippen LogP contribution in [0, 0.1) is 0 Å². The van der Waals surface area contributed by atoms with Crippen molar-refractivity contribution in [1.29, 1.82) is 0 Å². The van der Waals surface area contributed by atoms with Crippen molar-refractivity contribution in [3.63, 3.8) is 0 Å². The number of hydrogen-bond donors (Lipinski definition) is 0. The SMILES string of the molecule is COc1ccc2sc(N3CCN(c4ccccn4)CC3)nc2c1. The van der Waals surface area contributed by atoms with Crippen molar-refractivity contribution in [2.75, 3.05) is 43.1 Å².